The molecule has 0 saturated carbocycles. The van der Waals surface area contributed by atoms with Gasteiger partial charge in [-0.15, -0.1) is 0 Å². The van der Waals surface area contributed by atoms with E-state index in [2.05, 4.69) is 25.8 Å². The Morgan fingerprint density at radius 1 is 1.31 bits per heavy atom. The standard InChI is InChI=1S/C19H21N7O2S/c1-24-13-21-8-17(24)11-26-10-16(6-15-5-14(7-20)3-4-19(15)26)23-29(27,28)18-9-22-25(2)12-18/h3-5,8-9,12-13,16,23H,6,10-11H2,1-2H3. The fourth-order valence-corrected chi connectivity index (χ4v) is 4.82. The number of nitrogens with one attached hydrogen (secondary N) is 1. The number of anilines is 1. The van der Waals surface area contributed by atoms with Crippen LogP contribution in [0.5, 0.6) is 0 Å². The van der Waals surface area contributed by atoms with Gasteiger partial charge in [-0.25, -0.2) is 18.1 Å². The average molecular weight is 411 g/mol. The van der Waals surface area contributed by atoms with Crippen molar-refractivity contribution in [3.05, 3.63) is 59.9 Å². The van der Waals surface area contributed by atoms with Gasteiger partial charge in [0.15, 0.2) is 0 Å². The summed E-state index contributed by atoms with van der Waals surface area (Å²) < 4.78 is 31.7. The number of imidazole rings is 1. The smallest absolute Gasteiger partial charge is 0.244 e. The molecule has 150 valence electrons. The van der Waals surface area contributed by atoms with Crippen molar-refractivity contribution < 1.29 is 8.42 Å². The van der Waals surface area contributed by atoms with Crippen LogP contribution in [0.25, 0.3) is 0 Å². The summed E-state index contributed by atoms with van der Waals surface area (Å²) >= 11 is 0. The van der Waals surface area contributed by atoms with Crippen LogP contribution in [0.2, 0.25) is 0 Å². The first-order valence-corrected chi connectivity index (χ1v) is 10.6. The van der Waals surface area contributed by atoms with E-state index in [1.807, 2.05) is 23.7 Å². The molecule has 10 heteroatoms. The van der Waals surface area contributed by atoms with Gasteiger partial charge >= 0.3 is 0 Å². The predicted molar refractivity (Wildman–Crippen MR) is 106 cm³/mol. The van der Waals surface area contributed by atoms with Gasteiger partial charge in [-0.05, 0) is 30.2 Å². The number of rotatable bonds is 5. The summed E-state index contributed by atoms with van der Waals surface area (Å²) in [5, 5.41) is 13.2. The van der Waals surface area contributed by atoms with E-state index in [4.69, 9.17) is 0 Å². The molecule has 1 aliphatic heterocycles. The summed E-state index contributed by atoms with van der Waals surface area (Å²) in [5.74, 6) is 0. The number of aromatic nitrogens is 4. The quantitative estimate of drug-likeness (QED) is 0.669. The van der Waals surface area contributed by atoms with Crippen LogP contribution in [0.3, 0.4) is 0 Å². The van der Waals surface area contributed by atoms with Crippen LogP contribution in [0.1, 0.15) is 16.8 Å². The first-order valence-electron chi connectivity index (χ1n) is 9.10. The number of benzene rings is 1. The van der Waals surface area contributed by atoms with Crippen molar-refractivity contribution >= 4 is 15.7 Å². The highest BCUT2D eigenvalue weighted by Crippen LogP contribution is 2.30. The molecule has 1 aromatic carbocycles. The molecule has 4 rings (SSSR count). The Bertz CT molecular complexity index is 1190. The molecule has 3 aromatic rings. The predicted octanol–water partition coefficient (Wildman–Crippen LogP) is 0.935. The highest BCUT2D eigenvalue weighted by atomic mass is 32.2. The lowest BCUT2D eigenvalue weighted by molar-refractivity contribution is 0.522. The third-order valence-corrected chi connectivity index (χ3v) is 6.51. The van der Waals surface area contributed by atoms with Gasteiger partial charge in [-0.2, -0.15) is 10.4 Å². The van der Waals surface area contributed by atoms with Crippen LogP contribution >= 0.6 is 0 Å². The topological polar surface area (TPSA) is 109 Å². The van der Waals surface area contributed by atoms with Gasteiger partial charge in [0.25, 0.3) is 0 Å². The van der Waals surface area contributed by atoms with Crippen LogP contribution in [0, 0.1) is 11.3 Å². The first-order chi connectivity index (χ1) is 13.9. The molecule has 3 heterocycles. The van der Waals surface area contributed by atoms with Crippen molar-refractivity contribution in [1.29, 1.82) is 5.26 Å². The molecule has 0 fully saturated rings. The molecule has 1 atom stereocenters. The van der Waals surface area contributed by atoms with E-state index in [1.165, 1.54) is 17.1 Å². The molecule has 0 aliphatic carbocycles. The van der Waals surface area contributed by atoms with Crippen molar-refractivity contribution in [2.45, 2.75) is 23.9 Å². The Labute approximate surface area is 169 Å². The number of aryl methyl sites for hydroxylation is 2. The largest absolute Gasteiger partial charge is 0.364 e. The van der Waals surface area contributed by atoms with E-state index in [0.29, 0.717) is 25.1 Å². The maximum Gasteiger partial charge on any atom is 0.244 e. The molecule has 0 spiro atoms. The molecular formula is C19H21N7O2S. The third-order valence-electron chi connectivity index (χ3n) is 5.04. The van der Waals surface area contributed by atoms with Crippen molar-refractivity contribution in [3.8, 4) is 6.07 Å². The second kappa shape index (κ2) is 7.35. The molecule has 9 nitrogen and oxygen atoms in total. The van der Waals surface area contributed by atoms with Crippen molar-refractivity contribution in [2.75, 3.05) is 11.4 Å². The second-order valence-electron chi connectivity index (χ2n) is 7.20. The normalized spacial score (nSPS) is 16.4. The highest BCUT2D eigenvalue weighted by Gasteiger charge is 2.29. The lowest BCUT2D eigenvalue weighted by Crippen LogP contribution is -2.48. The fourth-order valence-electron chi connectivity index (χ4n) is 3.61. The van der Waals surface area contributed by atoms with E-state index in [9.17, 15) is 13.7 Å². The molecule has 1 N–H and O–H groups in total. The minimum absolute atomic E-state index is 0.134. The SMILES string of the molecule is Cn1cc(S(=O)(=O)NC2Cc3cc(C#N)ccc3N(Cc3cncn3C)C2)cn1. The van der Waals surface area contributed by atoms with Crippen LogP contribution in [0.4, 0.5) is 5.69 Å². The number of hydrogen-bond donors (Lipinski definition) is 1. The lowest BCUT2D eigenvalue weighted by Gasteiger charge is -2.36. The zero-order chi connectivity index (χ0) is 20.6. The van der Waals surface area contributed by atoms with Gasteiger partial charge in [0.2, 0.25) is 10.0 Å². The summed E-state index contributed by atoms with van der Waals surface area (Å²) in [6.07, 6.45) is 6.85. The zero-order valence-electron chi connectivity index (χ0n) is 16.1. The van der Waals surface area contributed by atoms with Gasteiger partial charge < -0.3 is 9.47 Å². The highest BCUT2D eigenvalue weighted by molar-refractivity contribution is 7.89. The summed E-state index contributed by atoms with van der Waals surface area (Å²) in [6, 6.07) is 7.36. The third kappa shape index (κ3) is 3.87. The molecule has 29 heavy (non-hydrogen) atoms. The van der Waals surface area contributed by atoms with Crippen LogP contribution in [-0.4, -0.2) is 40.3 Å². The zero-order valence-corrected chi connectivity index (χ0v) is 17.0. The van der Waals surface area contributed by atoms with Gasteiger partial charge in [0.1, 0.15) is 4.90 Å². The Hall–Kier alpha value is -3.16. The molecule has 0 amide bonds. The van der Waals surface area contributed by atoms with E-state index in [0.717, 1.165) is 16.9 Å². The maximum atomic E-state index is 12.8. The molecule has 2 aromatic heterocycles. The Balaban J connectivity index is 1.64. The van der Waals surface area contributed by atoms with Gasteiger partial charge in [0.05, 0.1) is 36.4 Å². The second-order valence-corrected chi connectivity index (χ2v) is 8.92. The van der Waals surface area contributed by atoms with Crippen molar-refractivity contribution in [3.63, 3.8) is 0 Å². The molecule has 1 aliphatic rings. The number of hydrogen-bond acceptors (Lipinski definition) is 6. The maximum absolute atomic E-state index is 12.8. The number of nitriles is 1. The molecule has 1 unspecified atom stereocenters. The minimum atomic E-state index is -3.69. The monoisotopic (exact) mass is 411 g/mol. The summed E-state index contributed by atoms with van der Waals surface area (Å²) in [7, 11) is -0.0928. The summed E-state index contributed by atoms with van der Waals surface area (Å²) in [5.41, 5.74) is 3.51. The number of nitrogens with zero attached hydrogens (tertiary/aromatic N) is 6. The molecule has 0 bridgehead atoms. The van der Waals surface area contributed by atoms with Crippen LogP contribution < -0.4 is 9.62 Å². The lowest BCUT2D eigenvalue weighted by atomic mass is 9.96. The van der Waals surface area contributed by atoms with Crippen LogP contribution in [-0.2, 0) is 37.1 Å². The minimum Gasteiger partial charge on any atom is -0.364 e. The van der Waals surface area contributed by atoms with E-state index in [-0.39, 0.29) is 10.9 Å². The van der Waals surface area contributed by atoms with E-state index < -0.39 is 10.0 Å². The Kier molecular flexibility index (Phi) is 4.86. The Morgan fingerprint density at radius 3 is 2.79 bits per heavy atom. The first kappa shape index (κ1) is 19.2. The number of sulfonamides is 1. The van der Waals surface area contributed by atoms with Gasteiger partial charge in [0, 0.05) is 44.8 Å². The molecular weight excluding hydrogens is 390 g/mol. The van der Waals surface area contributed by atoms with Gasteiger partial charge in [-0.1, -0.05) is 0 Å². The van der Waals surface area contributed by atoms with Gasteiger partial charge in [-0.3, -0.25) is 4.68 Å². The summed E-state index contributed by atoms with van der Waals surface area (Å²) in [6.45, 7) is 1.09. The van der Waals surface area contributed by atoms with E-state index >= 15 is 0 Å². The van der Waals surface area contributed by atoms with Crippen molar-refractivity contribution in [1.82, 2.24) is 24.1 Å². The number of fused-ring (bicyclic) bond motifs is 1. The van der Waals surface area contributed by atoms with Crippen molar-refractivity contribution in [2.24, 2.45) is 14.1 Å². The van der Waals surface area contributed by atoms with Crippen LogP contribution in [0.15, 0.2) is 48.0 Å². The fraction of sp³-hybridized carbons (Fsp3) is 0.316. The molecule has 0 saturated heterocycles. The van der Waals surface area contributed by atoms with E-state index in [1.54, 1.807) is 25.6 Å². The molecule has 0 radical (unpaired) electrons. The Morgan fingerprint density at radius 2 is 2.14 bits per heavy atom. The summed E-state index contributed by atoms with van der Waals surface area (Å²) in [4.78, 5) is 6.42. The average Bonchev–Trinajstić information content (AvgIpc) is 3.30.